The average Bonchev–Trinajstić information content (AvgIpc) is 2.92. The molecule has 5 nitrogen and oxygen atoms in total. The van der Waals surface area contributed by atoms with Crippen LogP contribution in [0.1, 0.15) is 38.1 Å². The fraction of sp³-hybridized carbons (Fsp3) is 0.615. The lowest BCUT2D eigenvalue weighted by Crippen LogP contribution is -2.62. The van der Waals surface area contributed by atoms with E-state index in [9.17, 15) is 9.59 Å². The molecule has 0 radical (unpaired) electrons. The molecule has 1 aliphatic rings. The number of thiazole rings is 1. The smallest absolute Gasteiger partial charge is 0.245 e. The Bertz CT molecular complexity index is 460. The van der Waals surface area contributed by atoms with Crippen LogP contribution in [0.2, 0.25) is 0 Å². The molecule has 2 amide bonds. The third kappa shape index (κ3) is 2.78. The van der Waals surface area contributed by atoms with Crippen molar-refractivity contribution in [1.82, 2.24) is 15.2 Å². The lowest BCUT2D eigenvalue weighted by Gasteiger charge is -2.38. The van der Waals surface area contributed by atoms with Crippen LogP contribution in [0.25, 0.3) is 0 Å². The molecule has 104 valence electrons. The highest BCUT2D eigenvalue weighted by atomic mass is 32.1. The number of piperazine rings is 1. The third-order valence-corrected chi connectivity index (χ3v) is 4.50. The summed E-state index contributed by atoms with van der Waals surface area (Å²) in [7, 11) is 0. The summed E-state index contributed by atoms with van der Waals surface area (Å²) in [6.07, 6.45) is 2.39. The number of hydrogen-bond donors (Lipinski definition) is 1. The van der Waals surface area contributed by atoms with Gasteiger partial charge in [0.25, 0.3) is 0 Å². The van der Waals surface area contributed by atoms with Gasteiger partial charge in [-0.05, 0) is 13.3 Å². The zero-order valence-electron chi connectivity index (χ0n) is 11.4. The molecule has 1 saturated heterocycles. The van der Waals surface area contributed by atoms with Crippen LogP contribution in [0.3, 0.4) is 0 Å². The Kier molecular flexibility index (Phi) is 4.19. The Labute approximate surface area is 117 Å². The van der Waals surface area contributed by atoms with Crippen LogP contribution in [-0.4, -0.2) is 40.3 Å². The van der Waals surface area contributed by atoms with Crippen LogP contribution in [0.4, 0.5) is 0 Å². The molecular weight excluding hydrogens is 262 g/mol. The minimum absolute atomic E-state index is 0.0120. The molecule has 19 heavy (non-hydrogen) atoms. The van der Waals surface area contributed by atoms with Gasteiger partial charge < -0.3 is 10.2 Å². The molecule has 0 saturated carbocycles. The van der Waals surface area contributed by atoms with E-state index in [1.165, 1.54) is 0 Å². The molecule has 3 unspecified atom stereocenters. The van der Waals surface area contributed by atoms with E-state index in [4.69, 9.17) is 0 Å². The quantitative estimate of drug-likeness (QED) is 0.906. The van der Waals surface area contributed by atoms with E-state index in [1.54, 1.807) is 29.4 Å². The molecule has 0 aliphatic carbocycles. The van der Waals surface area contributed by atoms with E-state index < -0.39 is 6.04 Å². The first kappa shape index (κ1) is 14.0. The fourth-order valence-electron chi connectivity index (χ4n) is 2.26. The van der Waals surface area contributed by atoms with Crippen molar-refractivity contribution in [2.24, 2.45) is 0 Å². The summed E-state index contributed by atoms with van der Waals surface area (Å²) in [6.45, 7) is 6.25. The number of amides is 2. The van der Waals surface area contributed by atoms with E-state index in [0.717, 1.165) is 5.01 Å². The van der Waals surface area contributed by atoms with Crippen LogP contribution in [0.15, 0.2) is 11.6 Å². The van der Waals surface area contributed by atoms with Gasteiger partial charge >= 0.3 is 0 Å². The van der Waals surface area contributed by atoms with E-state index in [0.29, 0.717) is 13.0 Å². The minimum atomic E-state index is -0.405. The predicted molar refractivity (Wildman–Crippen MR) is 73.9 cm³/mol. The number of rotatable bonds is 4. The van der Waals surface area contributed by atoms with Crippen LogP contribution >= 0.6 is 11.3 Å². The van der Waals surface area contributed by atoms with Crippen molar-refractivity contribution < 1.29 is 9.59 Å². The van der Waals surface area contributed by atoms with Gasteiger partial charge in [-0.1, -0.05) is 13.8 Å². The second-order valence-electron chi connectivity index (χ2n) is 4.91. The molecule has 0 bridgehead atoms. The fourth-order valence-corrected chi connectivity index (χ4v) is 2.95. The number of carbonyl (C=O) groups excluding carboxylic acids is 2. The van der Waals surface area contributed by atoms with Crippen LogP contribution < -0.4 is 5.32 Å². The Balaban J connectivity index is 2.12. The van der Waals surface area contributed by atoms with Gasteiger partial charge in [0, 0.05) is 24.0 Å². The van der Waals surface area contributed by atoms with E-state index in [-0.39, 0.29) is 23.8 Å². The maximum atomic E-state index is 12.3. The summed E-state index contributed by atoms with van der Waals surface area (Å²) in [5.74, 6) is 0.0885. The van der Waals surface area contributed by atoms with E-state index in [1.807, 2.05) is 19.2 Å². The second-order valence-corrected chi connectivity index (χ2v) is 5.83. The van der Waals surface area contributed by atoms with Crippen LogP contribution in [0.5, 0.6) is 0 Å². The summed E-state index contributed by atoms with van der Waals surface area (Å²) in [5, 5.41) is 5.68. The molecule has 2 rings (SSSR count). The minimum Gasteiger partial charge on any atom is -0.343 e. The van der Waals surface area contributed by atoms with Gasteiger partial charge in [0.2, 0.25) is 11.8 Å². The number of nitrogens with one attached hydrogen (secondary N) is 1. The number of hydrogen-bond acceptors (Lipinski definition) is 4. The highest BCUT2D eigenvalue weighted by Crippen LogP contribution is 2.22. The van der Waals surface area contributed by atoms with Crippen molar-refractivity contribution in [2.45, 2.75) is 45.2 Å². The molecule has 1 N–H and O–H groups in total. The second kappa shape index (κ2) is 5.69. The highest BCUT2D eigenvalue weighted by molar-refractivity contribution is 7.09. The number of carbonyl (C=O) groups is 2. The highest BCUT2D eigenvalue weighted by Gasteiger charge is 2.37. The monoisotopic (exact) mass is 281 g/mol. The van der Waals surface area contributed by atoms with E-state index >= 15 is 0 Å². The Morgan fingerprint density at radius 1 is 1.53 bits per heavy atom. The molecule has 3 atom stereocenters. The summed E-state index contributed by atoms with van der Waals surface area (Å²) in [6, 6.07) is -0.787. The lowest BCUT2D eigenvalue weighted by molar-refractivity contribution is -0.148. The molecule has 2 heterocycles. The first-order chi connectivity index (χ1) is 9.04. The van der Waals surface area contributed by atoms with Gasteiger partial charge in [-0.25, -0.2) is 4.98 Å². The van der Waals surface area contributed by atoms with Crippen molar-refractivity contribution in [3.05, 3.63) is 16.6 Å². The third-order valence-electron chi connectivity index (χ3n) is 3.50. The Morgan fingerprint density at radius 3 is 2.84 bits per heavy atom. The van der Waals surface area contributed by atoms with Gasteiger partial charge in [-0.3, -0.25) is 9.59 Å². The van der Waals surface area contributed by atoms with Crippen molar-refractivity contribution in [3.63, 3.8) is 0 Å². The normalized spacial score (nSPS) is 25.3. The average molecular weight is 281 g/mol. The number of aromatic nitrogens is 1. The Hall–Kier alpha value is -1.43. The predicted octanol–water partition coefficient (Wildman–Crippen LogP) is 1.37. The topological polar surface area (TPSA) is 62.3 Å². The van der Waals surface area contributed by atoms with Gasteiger partial charge in [-0.2, -0.15) is 0 Å². The lowest BCUT2D eigenvalue weighted by atomic mass is 10.0. The van der Waals surface area contributed by atoms with Crippen LogP contribution in [0, 0.1) is 0 Å². The van der Waals surface area contributed by atoms with Crippen molar-refractivity contribution >= 4 is 23.2 Å². The van der Waals surface area contributed by atoms with E-state index in [2.05, 4.69) is 10.3 Å². The zero-order chi connectivity index (χ0) is 14.0. The van der Waals surface area contributed by atoms with Crippen molar-refractivity contribution in [3.8, 4) is 0 Å². The van der Waals surface area contributed by atoms with Gasteiger partial charge in [-0.15, -0.1) is 11.3 Å². The molecular formula is C13H19N3O2S. The standard InChI is InChI=1S/C13H19N3O2S/c1-4-10-13(18)16(9(3)11(17)15-10)7-8(2)12-14-5-6-19-12/h5-6,8-10H,4,7H2,1-3H3,(H,15,17). The van der Waals surface area contributed by atoms with Crippen LogP contribution in [-0.2, 0) is 9.59 Å². The largest absolute Gasteiger partial charge is 0.343 e. The summed E-state index contributed by atoms with van der Waals surface area (Å²) >= 11 is 1.58. The molecule has 0 spiro atoms. The first-order valence-corrected chi connectivity index (χ1v) is 7.42. The summed E-state index contributed by atoms with van der Waals surface area (Å²) in [4.78, 5) is 30.1. The number of nitrogens with zero attached hydrogens (tertiary/aromatic N) is 2. The summed E-state index contributed by atoms with van der Waals surface area (Å²) < 4.78 is 0. The molecule has 0 aromatic carbocycles. The summed E-state index contributed by atoms with van der Waals surface area (Å²) in [5.41, 5.74) is 0. The molecule has 1 aliphatic heterocycles. The van der Waals surface area contributed by atoms with Crippen molar-refractivity contribution in [2.75, 3.05) is 6.54 Å². The van der Waals surface area contributed by atoms with Gasteiger partial charge in [0.1, 0.15) is 12.1 Å². The zero-order valence-corrected chi connectivity index (χ0v) is 12.2. The van der Waals surface area contributed by atoms with Crippen molar-refractivity contribution in [1.29, 1.82) is 0 Å². The van der Waals surface area contributed by atoms with Gasteiger partial charge in [0.05, 0.1) is 5.01 Å². The molecule has 1 aromatic rings. The molecule has 1 aromatic heterocycles. The molecule has 1 fully saturated rings. The molecule has 6 heteroatoms. The maximum absolute atomic E-state index is 12.3. The maximum Gasteiger partial charge on any atom is 0.245 e. The Morgan fingerprint density at radius 2 is 2.26 bits per heavy atom. The SMILES string of the molecule is CCC1NC(=O)C(C)N(CC(C)c2nccs2)C1=O. The first-order valence-electron chi connectivity index (χ1n) is 6.54. The van der Waals surface area contributed by atoms with Gasteiger partial charge in [0.15, 0.2) is 0 Å².